The number of aromatic nitrogens is 1. The number of fused-ring (bicyclic) bond motifs is 1. The summed E-state index contributed by atoms with van der Waals surface area (Å²) in [5, 5.41) is 0.817. The third-order valence-corrected chi connectivity index (χ3v) is 3.60. The number of amides is 1. The summed E-state index contributed by atoms with van der Waals surface area (Å²) in [5.41, 5.74) is 6.39. The molecule has 0 spiro atoms. The Morgan fingerprint density at radius 3 is 2.60 bits per heavy atom. The Labute approximate surface area is 146 Å². The van der Waals surface area contributed by atoms with Gasteiger partial charge in [-0.3, -0.25) is 4.79 Å². The van der Waals surface area contributed by atoms with Crippen molar-refractivity contribution in [1.82, 2.24) is 9.47 Å². The van der Waals surface area contributed by atoms with Crippen molar-refractivity contribution in [2.45, 2.75) is 26.4 Å². The molecule has 1 heterocycles. The fourth-order valence-electron chi connectivity index (χ4n) is 2.30. The smallest absolute Gasteiger partial charge is 0.410 e. The first-order chi connectivity index (χ1) is 11.6. The number of pyridine rings is 1. The zero-order valence-electron chi connectivity index (χ0n) is 15.3. The van der Waals surface area contributed by atoms with E-state index >= 15 is 0 Å². The molecule has 0 fully saturated rings. The highest BCUT2D eigenvalue weighted by Crippen LogP contribution is 2.19. The molecule has 0 radical (unpaired) electrons. The molecular weight excluding hydrogens is 322 g/mol. The van der Waals surface area contributed by atoms with Gasteiger partial charge in [0.2, 0.25) is 0 Å². The summed E-state index contributed by atoms with van der Waals surface area (Å²) in [6.45, 7) is 5.89. The standard InChI is InChI=1S/C18H25N3O4/c1-18(2,3)25-17(23)20(4)8-9-24-15-11-12-10-13(19)6-7-14(12)21(5)16(15)22/h6-7,10-11H,8-9,19H2,1-5H3. The summed E-state index contributed by atoms with van der Waals surface area (Å²) < 4.78 is 12.4. The molecule has 0 bridgehead atoms. The number of nitrogen functional groups attached to an aromatic ring is 1. The first-order valence-corrected chi connectivity index (χ1v) is 8.04. The monoisotopic (exact) mass is 347 g/mol. The molecule has 2 rings (SSSR count). The largest absolute Gasteiger partial charge is 0.486 e. The summed E-state index contributed by atoms with van der Waals surface area (Å²) in [5.74, 6) is 0.221. The Morgan fingerprint density at radius 1 is 1.28 bits per heavy atom. The lowest BCUT2D eigenvalue weighted by molar-refractivity contribution is 0.0278. The number of hydrogen-bond acceptors (Lipinski definition) is 5. The van der Waals surface area contributed by atoms with Gasteiger partial charge in [0.25, 0.3) is 5.56 Å². The van der Waals surface area contributed by atoms with Crippen molar-refractivity contribution in [3.05, 3.63) is 34.6 Å². The molecule has 1 aromatic heterocycles. The topological polar surface area (TPSA) is 86.8 Å². The predicted molar refractivity (Wildman–Crippen MR) is 98.0 cm³/mol. The lowest BCUT2D eigenvalue weighted by Crippen LogP contribution is -2.36. The average molecular weight is 347 g/mol. The lowest BCUT2D eigenvalue weighted by Gasteiger charge is -2.24. The van der Waals surface area contributed by atoms with Crippen LogP contribution in [0, 0.1) is 0 Å². The fraction of sp³-hybridized carbons (Fsp3) is 0.444. The highest BCUT2D eigenvalue weighted by Gasteiger charge is 2.19. The molecule has 25 heavy (non-hydrogen) atoms. The van der Waals surface area contributed by atoms with E-state index in [-0.39, 0.29) is 17.9 Å². The molecule has 0 unspecified atom stereocenters. The van der Waals surface area contributed by atoms with Crippen LogP contribution in [-0.2, 0) is 11.8 Å². The van der Waals surface area contributed by atoms with Gasteiger partial charge >= 0.3 is 6.09 Å². The number of ether oxygens (including phenoxy) is 2. The zero-order valence-corrected chi connectivity index (χ0v) is 15.3. The molecule has 0 aliphatic rings. The zero-order chi connectivity index (χ0) is 18.8. The first-order valence-electron chi connectivity index (χ1n) is 8.04. The van der Waals surface area contributed by atoms with Crippen LogP contribution in [0.1, 0.15) is 20.8 Å². The van der Waals surface area contributed by atoms with E-state index in [0.29, 0.717) is 12.2 Å². The van der Waals surface area contributed by atoms with Gasteiger partial charge in [-0.05, 0) is 45.0 Å². The highest BCUT2D eigenvalue weighted by molar-refractivity contribution is 5.83. The lowest BCUT2D eigenvalue weighted by atomic mass is 10.2. The molecule has 0 atom stereocenters. The normalized spacial score (nSPS) is 11.4. The Bertz CT molecular complexity index is 837. The van der Waals surface area contributed by atoms with Crippen molar-refractivity contribution in [2.24, 2.45) is 7.05 Å². The van der Waals surface area contributed by atoms with Crippen molar-refractivity contribution in [3.63, 3.8) is 0 Å². The Morgan fingerprint density at radius 2 is 1.96 bits per heavy atom. The number of anilines is 1. The quantitative estimate of drug-likeness (QED) is 0.858. The van der Waals surface area contributed by atoms with E-state index in [1.807, 2.05) is 0 Å². The van der Waals surface area contributed by atoms with Gasteiger partial charge in [-0.1, -0.05) is 0 Å². The minimum Gasteiger partial charge on any atom is -0.486 e. The van der Waals surface area contributed by atoms with E-state index in [4.69, 9.17) is 15.2 Å². The van der Waals surface area contributed by atoms with Crippen molar-refractivity contribution in [3.8, 4) is 5.75 Å². The van der Waals surface area contributed by atoms with Gasteiger partial charge in [0.15, 0.2) is 5.75 Å². The number of hydrogen-bond donors (Lipinski definition) is 1. The average Bonchev–Trinajstić information content (AvgIpc) is 2.50. The molecule has 2 aromatic rings. The van der Waals surface area contributed by atoms with Crippen LogP contribution >= 0.6 is 0 Å². The van der Waals surface area contributed by atoms with Crippen molar-refractivity contribution >= 4 is 22.7 Å². The van der Waals surface area contributed by atoms with E-state index in [0.717, 1.165) is 10.9 Å². The number of carbonyl (C=O) groups excluding carboxylic acids is 1. The number of rotatable bonds is 4. The molecule has 0 aliphatic heterocycles. The molecular formula is C18H25N3O4. The molecule has 136 valence electrons. The Hall–Kier alpha value is -2.70. The van der Waals surface area contributed by atoms with Gasteiger partial charge < -0.3 is 24.7 Å². The van der Waals surface area contributed by atoms with Gasteiger partial charge in [0.05, 0.1) is 12.1 Å². The minimum atomic E-state index is -0.555. The van der Waals surface area contributed by atoms with E-state index < -0.39 is 11.7 Å². The number of nitrogens with two attached hydrogens (primary N) is 1. The van der Waals surface area contributed by atoms with Gasteiger partial charge in [-0.15, -0.1) is 0 Å². The second-order valence-electron chi connectivity index (χ2n) is 6.94. The van der Waals surface area contributed by atoms with Gasteiger partial charge in [0.1, 0.15) is 12.2 Å². The van der Waals surface area contributed by atoms with Gasteiger partial charge in [-0.25, -0.2) is 4.79 Å². The molecule has 2 N–H and O–H groups in total. The van der Waals surface area contributed by atoms with E-state index in [9.17, 15) is 9.59 Å². The summed E-state index contributed by atoms with van der Waals surface area (Å²) in [6.07, 6.45) is -0.435. The molecule has 0 saturated heterocycles. The van der Waals surface area contributed by atoms with Crippen LogP contribution < -0.4 is 16.0 Å². The van der Waals surface area contributed by atoms with Crippen LogP contribution in [0.2, 0.25) is 0 Å². The SMILES string of the molecule is CN(CCOc1cc2cc(N)ccc2n(C)c1=O)C(=O)OC(C)(C)C. The third-order valence-electron chi connectivity index (χ3n) is 3.60. The minimum absolute atomic E-state index is 0.179. The summed E-state index contributed by atoms with van der Waals surface area (Å²) in [4.78, 5) is 25.7. The molecule has 7 heteroatoms. The summed E-state index contributed by atoms with van der Waals surface area (Å²) in [6, 6.07) is 7.00. The Balaban J connectivity index is 2.07. The summed E-state index contributed by atoms with van der Waals surface area (Å²) in [7, 11) is 3.30. The maximum absolute atomic E-state index is 12.4. The van der Waals surface area contributed by atoms with Crippen LogP contribution in [0.3, 0.4) is 0 Å². The number of aryl methyl sites for hydroxylation is 1. The van der Waals surface area contributed by atoms with Crippen molar-refractivity contribution in [2.75, 3.05) is 25.9 Å². The van der Waals surface area contributed by atoms with E-state index in [1.165, 1.54) is 9.47 Å². The molecule has 0 saturated carbocycles. The number of nitrogens with zero attached hydrogens (tertiary/aromatic N) is 2. The third kappa shape index (κ3) is 4.65. The highest BCUT2D eigenvalue weighted by atomic mass is 16.6. The van der Waals surface area contributed by atoms with Crippen molar-refractivity contribution in [1.29, 1.82) is 0 Å². The predicted octanol–water partition coefficient (Wildman–Crippen LogP) is 2.37. The Kier molecular flexibility index (Phi) is 5.25. The van der Waals surface area contributed by atoms with Crippen molar-refractivity contribution < 1.29 is 14.3 Å². The summed E-state index contributed by atoms with van der Waals surface area (Å²) >= 11 is 0. The molecule has 1 aromatic carbocycles. The maximum Gasteiger partial charge on any atom is 0.410 e. The molecule has 1 amide bonds. The van der Waals surface area contributed by atoms with Gasteiger partial charge in [-0.2, -0.15) is 0 Å². The molecule has 0 aliphatic carbocycles. The number of likely N-dealkylation sites (N-methyl/N-ethyl adjacent to an activating group) is 1. The number of carbonyl (C=O) groups is 1. The second kappa shape index (κ2) is 7.04. The van der Waals surface area contributed by atoms with Gasteiger partial charge in [0, 0.05) is 25.2 Å². The first kappa shape index (κ1) is 18.6. The number of benzene rings is 1. The van der Waals surface area contributed by atoms with Crippen LogP contribution in [0.4, 0.5) is 10.5 Å². The molecule has 7 nitrogen and oxygen atoms in total. The van der Waals surface area contributed by atoms with Crippen LogP contribution in [0.5, 0.6) is 5.75 Å². The van der Waals surface area contributed by atoms with Crippen LogP contribution in [0.15, 0.2) is 29.1 Å². The fourth-order valence-corrected chi connectivity index (χ4v) is 2.30. The van der Waals surface area contributed by atoms with Crippen LogP contribution in [0.25, 0.3) is 10.9 Å². The van der Waals surface area contributed by atoms with Crippen LogP contribution in [-0.4, -0.2) is 41.4 Å². The van der Waals surface area contributed by atoms with E-state index in [2.05, 4.69) is 0 Å². The van der Waals surface area contributed by atoms with E-state index in [1.54, 1.807) is 59.1 Å². The maximum atomic E-state index is 12.4. The second-order valence-corrected chi connectivity index (χ2v) is 6.94.